The summed E-state index contributed by atoms with van der Waals surface area (Å²) in [7, 11) is 0. The van der Waals surface area contributed by atoms with Gasteiger partial charge in [0.2, 0.25) is 0 Å². The van der Waals surface area contributed by atoms with Gasteiger partial charge in [0.05, 0.1) is 15.7 Å². The Morgan fingerprint density at radius 2 is 1.37 bits per heavy atom. The molecule has 0 aliphatic carbocycles. The molecule has 164 valence electrons. The fourth-order valence-corrected chi connectivity index (χ4v) is 6.72. The summed E-state index contributed by atoms with van der Waals surface area (Å²) in [5.74, 6) is 0. The van der Waals surface area contributed by atoms with Crippen LogP contribution in [-0.2, 0) is 0 Å². The highest BCUT2D eigenvalue weighted by Crippen LogP contribution is 2.44. The van der Waals surface area contributed by atoms with Crippen molar-refractivity contribution in [3.05, 3.63) is 115 Å². The predicted molar refractivity (Wildman–Crippen MR) is 149 cm³/mol. The van der Waals surface area contributed by atoms with E-state index in [9.17, 15) is 0 Å². The molecule has 5 aromatic carbocycles. The first-order valence-electron chi connectivity index (χ1n) is 11.8. The Bertz CT molecular complexity index is 2060. The average molecular weight is 466 g/mol. The maximum absolute atomic E-state index is 6.33. The van der Waals surface area contributed by atoms with Crippen LogP contribution in [0, 0.1) is 0 Å². The molecule has 0 unspecified atom stereocenters. The van der Waals surface area contributed by atoms with Crippen molar-refractivity contribution in [2.45, 2.75) is 0 Å². The van der Waals surface area contributed by atoms with Crippen LogP contribution in [-0.4, -0.2) is 4.57 Å². The Morgan fingerprint density at radius 3 is 2.29 bits per heavy atom. The molecular formula is C32H19NOS. The van der Waals surface area contributed by atoms with E-state index in [1.165, 1.54) is 42.5 Å². The van der Waals surface area contributed by atoms with Crippen LogP contribution in [0.1, 0.15) is 0 Å². The largest absolute Gasteiger partial charge is 0.455 e. The molecule has 3 aromatic heterocycles. The average Bonchev–Trinajstić information content (AvgIpc) is 3.57. The zero-order valence-corrected chi connectivity index (χ0v) is 19.5. The maximum Gasteiger partial charge on any atom is 0.143 e. The van der Waals surface area contributed by atoms with Crippen molar-refractivity contribution in [2.75, 3.05) is 0 Å². The summed E-state index contributed by atoms with van der Waals surface area (Å²) in [5.41, 5.74) is 7.92. The third-order valence-electron chi connectivity index (χ3n) is 7.01. The summed E-state index contributed by atoms with van der Waals surface area (Å²) in [4.78, 5) is 0. The minimum atomic E-state index is 0.932. The first-order valence-corrected chi connectivity index (χ1v) is 12.6. The van der Waals surface area contributed by atoms with Gasteiger partial charge < -0.3 is 8.98 Å². The Kier molecular flexibility index (Phi) is 3.85. The van der Waals surface area contributed by atoms with Crippen molar-refractivity contribution in [2.24, 2.45) is 0 Å². The lowest BCUT2D eigenvalue weighted by atomic mass is 10.0. The normalized spacial score (nSPS) is 12.0. The first kappa shape index (κ1) is 19.0. The van der Waals surface area contributed by atoms with Crippen molar-refractivity contribution >= 4 is 64.5 Å². The zero-order valence-electron chi connectivity index (χ0n) is 18.7. The highest BCUT2D eigenvalue weighted by atomic mass is 32.1. The van der Waals surface area contributed by atoms with Crippen LogP contribution in [0.2, 0.25) is 0 Å². The Labute approximate surface area is 205 Å². The van der Waals surface area contributed by atoms with E-state index >= 15 is 0 Å². The molecule has 0 N–H and O–H groups in total. The van der Waals surface area contributed by atoms with E-state index in [1.54, 1.807) is 0 Å². The first-order chi connectivity index (χ1) is 17.4. The maximum atomic E-state index is 6.33. The van der Waals surface area contributed by atoms with E-state index < -0.39 is 0 Å². The Balaban J connectivity index is 1.42. The van der Waals surface area contributed by atoms with Crippen molar-refractivity contribution in [3.8, 4) is 16.8 Å². The van der Waals surface area contributed by atoms with Gasteiger partial charge in [-0.15, -0.1) is 11.3 Å². The molecular weight excluding hydrogens is 446 g/mol. The smallest absolute Gasteiger partial charge is 0.143 e. The minimum absolute atomic E-state index is 0.932. The van der Waals surface area contributed by atoms with Gasteiger partial charge >= 0.3 is 0 Å². The molecule has 0 spiro atoms. The van der Waals surface area contributed by atoms with Gasteiger partial charge in [0.25, 0.3) is 0 Å². The summed E-state index contributed by atoms with van der Waals surface area (Å²) < 4.78 is 11.4. The van der Waals surface area contributed by atoms with E-state index in [1.807, 2.05) is 23.5 Å². The molecule has 0 saturated carbocycles. The van der Waals surface area contributed by atoms with Crippen molar-refractivity contribution < 1.29 is 4.42 Å². The van der Waals surface area contributed by atoms with E-state index in [-0.39, 0.29) is 0 Å². The fourth-order valence-electron chi connectivity index (χ4n) is 5.46. The standard InChI is InChI=1S/C32H19NOS/c1-2-9-21(10-3-1)33-27-15-6-4-12-25(27)32-30(33)26-18-17-20(19-29(26)35-32)22-13-8-14-24-23-11-5-7-16-28(23)34-31(22)24/h1-19H. The molecule has 0 amide bonds. The Hall–Kier alpha value is -4.34. The number of hydrogen-bond donors (Lipinski definition) is 0. The van der Waals surface area contributed by atoms with Crippen LogP contribution < -0.4 is 0 Å². The number of rotatable bonds is 2. The van der Waals surface area contributed by atoms with E-state index in [2.05, 4.69) is 108 Å². The van der Waals surface area contributed by atoms with Crippen LogP contribution >= 0.6 is 11.3 Å². The van der Waals surface area contributed by atoms with Crippen molar-refractivity contribution in [1.29, 1.82) is 0 Å². The van der Waals surface area contributed by atoms with Crippen LogP contribution in [0.15, 0.2) is 120 Å². The quantitative estimate of drug-likeness (QED) is 0.248. The van der Waals surface area contributed by atoms with Crippen molar-refractivity contribution in [1.82, 2.24) is 4.57 Å². The number of aromatic nitrogens is 1. The molecule has 0 radical (unpaired) electrons. The minimum Gasteiger partial charge on any atom is -0.455 e. The molecule has 35 heavy (non-hydrogen) atoms. The second-order valence-corrected chi connectivity index (χ2v) is 10.0. The van der Waals surface area contributed by atoms with Gasteiger partial charge in [-0.2, -0.15) is 0 Å². The van der Waals surface area contributed by atoms with Crippen LogP contribution in [0.4, 0.5) is 0 Å². The second kappa shape index (κ2) is 7.08. The van der Waals surface area contributed by atoms with Crippen LogP contribution in [0.25, 0.3) is 70.0 Å². The van der Waals surface area contributed by atoms with Gasteiger partial charge in [-0.25, -0.2) is 0 Å². The number of furan rings is 1. The molecule has 8 aromatic rings. The molecule has 8 rings (SSSR count). The number of hydrogen-bond acceptors (Lipinski definition) is 2. The van der Waals surface area contributed by atoms with Gasteiger partial charge in [0, 0.05) is 37.5 Å². The number of para-hydroxylation sites is 4. The third kappa shape index (κ3) is 2.64. The zero-order chi connectivity index (χ0) is 22.9. The highest BCUT2D eigenvalue weighted by Gasteiger charge is 2.18. The van der Waals surface area contributed by atoms with Crippen LogP contribution in [0.3, 0.4) is 0 Å². The van der Waals surface area contributed by atoms with Gasteiger partial charge in [0.1, 0.15) is 11.2 Å². The summed E-state index contributed by atoms with van der Waals surface area (Å²) in [6, 6.07) is 40.9. The summed E-state index contributed by atoms with van der Waals surface area (Å²) in [5, 5.41) is 4.91. The van der Waals surface area contributed by atoms with E-state index in [0.717, 1.165) is 27.5 Å². The number of fused-ring (bicyclic) bond motifs is 8. The topological polar surface area (TPSA) is 18.1 Å². The second-order valence-electron chi connectivity index (χ2n) is 8.96. The summed E-state index contributed by atoms with van der Waals surface area (Å²) >= 11 is 1.87. The summed E-state index contributed by atoms with van der Waals surface area (Å²) in [6.07, 6.45) is 0. The summed E-state index contributed by atoms with van der Waals surface area (Å²) in [6.45, 7) is 0. The third-order valence-corrected chi connectivity index (χ3v) is 8.18. The molecule has 3 heterocycles. The van der Waals surface area contributed by atoms with Crippen LogP contribution in [0.5, 0.6) is 0 Å². The molecule has 0 aliphatic rings. The molecule has 3 heteroatoms. The molecule has 0 fully saturated rings. The van der Waals surface area contributed by atoms with Crippen molar-refractivity contribution in [3.63, 3.8) is 0 Å². The number of thiophene rings is 1. The molecule has 2 nitrogen and oxygen atoms in total. The van der Waals surface area contributed by atoms with Gasteiger partial charge in [-0.1, -0.05) is 84.9 Å². The lowest BCUT2D eigenvalue weighted by Gasteiger charge is -2.08. The number of benzene rings is 5. The monoisotopic (exact) mass is 465 g/mol. The lowest BCUT2D eigenvalue weighted by molar-refractivity contribution is 0.670. The predicted octanol–water partition coefficient (Wildman–Crippen LogP) is 9.56. The highest BCUT2D eigenvalue weighted by molar-refractivity contribution is 7.26. The van der Waals surface area contributed by atoms with Gasteiger partial charge in [0.15, 0.2) is 0 Å². The molecule has 0 bridgehead atoms. The van der Waals surface area contributed by atoms with E-state index in [0.29, 0.717) is 0 Å². The van der Waals surface area contributed by atoms with Gasteiger partial charge in [-0.05, 0) is 35.9 Å². The molecule has 0 atom stereocenters. The molecule has 0 aliphatic heterocycles. The number of nitrogens with zero attached hydrogens (tertiary/aromatic N) is 1. The van der Waals surface area contributed by atoms with Gasteiger partial charge in [-0.3, -0.25) is 0 Å². The fraction of sp³-hybridized carbons (Fsp3) is 0. The molecule has 0 saturated heterocycles. The lowest BCUT2D eigenvalue weighted by Crippen LogP contribution is -1.92. The van der Waals surface area contributed by atoms with E-state index in [4.69, 9.17) is 4.42 Å². The Morgan fingerprint density at radius 1 is 0.600 bits per heavy atom. The SMILES string of the molecule is c1ccc(-n2c3ccccc3c3sc4cc(-c5cccc6c5oc5ccccc56)ccc4c32)cc1.